The molecule has 110 valence electrons. The molecule has 0 aliphatic rings. The minimum atomic E-state index is 0.0766. The van der Waals surface area contributed by atoms with Gasteiger partial charge < -0.3 is 10.1 Å². The Balaban J connectivity index is 1.73. The lowest BCUT2D eigenvalue weighted by molar-refractivity contribution is -0.121. The first-order valence-corrected chi connectivity index (χ1v) is 7.30. The van der Waals surface area contributed by atoms with E-state index in [1.165, 1.54) is 5.56 Å². The van der Waals surface area contributed by atoms with E-state index in [4.69, 9.17) is 4.74 Å². The highest BCUT2D eigenvalue weighted by Gasteiger charge is 2.02. The minimum absolute atomic E-state index is 0.0766. The van der Waals surface area contributed by atoms with Gasteiger partial charge in [-0.2, -0.15) is 0 Å². The molecule has 0 heterocycles. The van der Waals surface area contributed by atoms with Crippen LogP contribution in [0.25, 0.3) is 0 Å². The van der Waals surface area contributed by atoms with Gasteiger partial charge >= 0.3 is 0 Å². The van der Waals surface area contributed by atoms with Crippen molar-refractivity contribution in [3.8, 4) is 5.75 Å². The third-order valence-electron chi connectivity index (χ3n) is 3.21. The maximum absolute atomic E-state index is 11.8. The smallest absolute Gasteiger partial charge is 0.220 e. The summed E-state index contributed by atoms with van der Waals surface area (Å²) in [6, 6.07) is 17.9. The molecule has 2 aromatic rings. The monoisotopic (exact) mass is 283 g/mol. The van der Waals surface area contributed by atoms with Crippen LogP contribution in [-0.2, 0) is 17.8 Å². The van der Waals surface area contributed by atoms with Gasteiger partial charge in [-0.15, -0.1) is 0 Å². The van der Waals surface area contributed by atoms with Crippen molar-refractivity contribution in [3.63, 3.8) is 0 Å². The Morgan fingerprint density at radius 2 is 1.71 bits per heavy atom. The lowest BCUT2D eigenvalue weighted by Crippen LogP contribution is -2.22. The average Bonchev–Trinajstić information content (AvgIpc) is 2.53. The molecule has 0 atom stereocenters. The molecule has 0 aromatic heterocycles. The summed E-state index contributed by atoms with van der Waals surface area (Å²) in [6.45, 7) is 3.18. The molecule has 1 amide bonds. The van der Waals surface area contributed by atoms with Gasteiger partial charge in [-0.05, 0) is 36.6 Å². The molecule has 0 saturated heterocycles. The van der Waals surface area contributed by atoms with Crippen molar-refractivity contribution >= 4 is 5.91 Å². The molecule has 0 aliphatic carbocycles. The minimum Gasteiger partial charge on any atom is -0.494 e. The molecule has 0 unspecified atom stereocenters. The maximum atomic E-state index is 11.8. The molecular weight excluding hydrogens is 262 g/mol. The number of nitrogens with one attached hydrogen (secondary N) is 1. The molecule has 0 fully saturated rings. The number of rotatable bonds is 7. The Kier molecular flexibility index (Phi) is 5.83. The van der Waals surface area contributed by atoms with Crippen LogP contribution in [-0.4, -0.2) is 12.5 Å². The molecule has 21 heavy (non-hydrogen) atoms. The summed E-state index contributed by atoms with van der Waals surface area (Å²) < 4.78 is 5.39. The standard InChI is InChI=1S/C18H21NO2/c1-2-21-17-11-8-16(9-12-17)14-19-18(20)13-10-15-6-4-3-5-7-15/h3-9,11-12H,2,10,13-14H2,1H3,(H,19,20). The average molecular weight is 283 g/mol. The van der Waals surface area contributed by atoms with Gasteiger partial charge in [-0.25, -0.2) is 0 Å². The summed E-state index contributed by atoms with van der Waals surface area (Å²) in [5.41, 5.74) is 2.26. The largest absolute Gasteiger partial charge is 0.494 e. The van der Waals surface area contributed by atoms with Gasteiger partial charge in [0, 0.05) is 13.0 Å². The quantitative estimate of drug-likeness (QED) is 0.846. The van der Waals surface area contributed by atoms with Gasteiger partial charge in [0.05, 0.1) is 6.61 Å². The number of carbonyl (C=O) groups is 1. The molecule has 1 N–H and O–H groups in total. The van der Waals surface area contributed by atoms with E-state index in [2.05, 4.69) is 5.32 Å². The van der Waals surface area contributed by atoms with Crippen molar-refractivity contribution in [1.82, 2.24) is 5.32 Å². The molecule has 3 nitrogen and oxygen atoms in total. The first kappa shape index (κ1) is 15.1. The number of aryl methyl sites for hydroxylation is 1. The van der Waals surface area contributed by atoms with Gasteiger partial charge in [-0.3, -0.25) is 4.79 Å². The van der Waals surface area contributed by atoms with Crippen LogP contribution < -0.4 is 10.1 Å². The van der Waals surface area contributed by atoms with Crippen LogP contribution in [0.5, 0.6) is 5.75 Å². The zero-order valence-electron chi connectivity index (χ0n) is 12.3. The van der Waals surface area contributed by atoms with Crippen LogP contribution in [0.2, 0.25) is 0 Å². The first-order valence-electron chi connectivity index (χ1n) is 7.30. The van der Waals surface area contributed by atoms with Gasteiger partial charge in [-0.1, -0.05) is 42.5 Å². The van der Waals surface area contributed by atoms with Crippen LogP contribution in [0.4, 0.5) is 0 Å². The zero-order chi connectivity index (χ0) is 14.9. The Morgan fingerprint density at radius 1 is 1.00 bits per heavy atom. The number of hydrogen-bond donors (Lipinski definition) is 1. The second kappa shape index (κ2) is 8.10. The van der Waals surface area contributed by atoms with Crippen LogP contribution in [0, 0.1) is 0 Å². The molecule has 0 bridgehead atoms. The predicted molar refractivity (Wildman–Crippen MR) is 84.2 cm³/mol. The first-order chi connectivity index (χ1) is 10.3. The van der Waals surface area contributed by atoms with E-state index in [0.717, 1.165) is 17.7 Å². The van der Waals surface area contributed by atoms with E-state index >= 15 is 0 Å². The molecule has 0 radical (unpaired) electrons. The molecule has 0 spiro atoms. The van der Waals surface area contributed by atoms with E-state index < -0.39 is 0 Å². The number of amides is 1. The lowest BCUT2D eigenvalue weighted by atomic mass is 10.1. The van der Waals surface area contributed by atoms with Crippen molar-refractivity contribution in [1.29, 1.82) is 0 Å². The summed E-state index contributed by atoms with van der Waals surface area (Å²) >= 11 is 0. The summed E-state index contributed by atoms with van der Waals surface area (Å²) in [4.78, 5) is 11.8. The second-order valence-corrected chi connectivity index (χ2v) is 4.84. The zero-order valence-corrected chi connectivity index (χ0v) is 12.3. The van der Waals surface area contributed by atoms with E-state index in [9.17, 15) is 4.79 Å². The second-order valence-electron chi connectivity index (χ2n) is 4.84. The topological polar surface area (TPSA) is 38.3 Å². The third-order valence-corrected chi connectivity index (χ3v) is 3.21. The fourth-order valence-corrected chi connectivity index (χ4v) is 2.06. The highest BCUT2D eigenvalue weighted by molar-refractivity contribution is 5.76. The SMILES string of the molecule is CCOc1ccc(CNC(=O)CCc2ccccc2)cc1. The summed E-state index contributed by atoms with van der Waals surface area (Å²) in [5.74, 6) is 0.935. The van der Waals surface area contributed by atoms with Crippen molar-refractivity contribution in [2.24, 2.45) is 0 Å². The van der Waals surface area contributed by atoms with Crippen LogP contribution in [0.15, 0.2) is 54.6 Å². The number of carbonyl (C=O) groups excluding carboxylic acids is 1. The highest BCUT2D eigenvalue weighted by Crippen LogP contribution is 2.12. The number of hydrogen-bond acceptors (Lipinski definition) is 2. The van der Waals surface area contributed by atoms with Gasteiger partial charge in [0.2, 0.25) is 5.91 Å². The molecule has 0 aliphatic heterocycles. The maximum Gasteiger partial charge on any atom is 0.220 e. The van der Waals surface area contributed by atoms with E-state index in [1.807, 2.05) is 61.5 Å². The summed E-state index contributed by atoms with van der Waals surface area (Å²) in [7, 11) is 0. The molecular formula is C18H21NO2. The number of ether oxygens (including phenoxy) is 1. The van der Waals surface area contributed by atoms with Gasteiger partial charge in [0.25, 0.3) is 0 Å². The summed E-state index contributed by atoms with van der Waals surface area (Å²) in [6.07, 6.45) is 1.29. The van der Waals surface area contributed by atoms with Crippen molar-refractivity contribution < 1.29 is 9.53 Å². The molecule has 0 saturated carbocycles. The normalized spacial score (nSPS) is 10.1. The predicted octanol–water partition coefficient (Wildman–Crippen LogP) is 3.33. The van der Waals surface area contributed by atoms with E-state index in [0.29, 0.717) is 19.6 Å². The van der Waals surface area contributed by atoms with Crippen molar-refractivity contribution in [2.75, 3.05) is 6.61 Å². The van der Waals surface area contributed by atoms with Gasteiger partial charge in [0.1, 0.15) is 5.75 Å². The third kappa shape index (κ3) is 5.30. The highest BCUT2D eigenvalue weighted by atomic mass is 16.5. The Bertz CT molecular complexity index is 549. The molecule has 2 rings (SSSR count). The van der Waals surface area contributed by atoms with E-state index in [-0.39, 0.29) is 5.91 Å². The van der Waals surface area contributed by atoms with Crippen LogP contribution >= 0.6 is 0 Å². The van der Waals surface area contributed by atoms with Crippen molar-refractivity contribution in [3.05, 3.63) is 65.7 Å². The molecule has 2 aromatic carbocycles. The van der Waals surface area contributed by atoms with Crippen LogP contribution in [0.1, 0.15) is 24.5 Å². The Labute approximate surface area is 126 Å². The number of benzene rings is 2. The van der Waals surface area contributed by atoms with E-state index in [1.54, 1.807) is 0 Å². The van der Waals surface area contributed by atoms with Crippen LogP contribution in [0.3, 0.4) is 0 Å². The summed E-state index contributed by atoms with van der Waals surface area (Å²) in [5, 5.41) is 2.94. The lowest BCUT2D eigenvalue weighted by Gasteiger charge is -2.07. The fraction of sp³-hybridized carbons (Fsp3) is 0.278. The molecule has 3 heteroatoms. The van der Waals surface area contributed by atoms with Crippen molar-refractivity contribution in [2.45, 2.75) is 26.3 Å². The fourth-order valence-electron chi connectivity index (χ4n) is 2.06. The van der Waals surface area contributed by atoms with Gasteiger partial charge in [0.15, 0.2) is 0 Å². The Hall–Kier alpha value is -2.29. The Morgan fingerprint density at radius 3 is 2.38 bits per heavy atom.